The number of nitrogens with one attached hydrogen (secondary N) is 1. The van der Waals surface area contributed by atoms with Gasteiger partial charge in [-0.1, -0.05) is 45.0 Å². The Kier molecular flexibility index (Phi) is 5.67. The summed E-state index contributed by atoms with van der Waals surface area (Å²) in [6.07, 6.45) is 3.40. The summed E-state index contributed by atoms with van der Waals surface area (Å²) in [5.74, 6) is 2.69. The van der Waals surface area contributed by atoms with Crippen molar-refractivity contribution in [2.45, 2.75) is 45.4 Å². The fourth-order valence-corrected chi connectivity index (χ4v) is 4.02. The first kappa shape index (κ1) is 19.6. The summed E-state index contributed by atoms with van der Waals surface area (Å²) in [4.78, 5) is 9.43. The van der Waals surface area contributed by atoms with Crippen molar-refractivity contribution in [2.75, 3.05) is 6.54 Å². The number of hydrogen-bond donors (Lipinski definition) is 1. The van der Waals surface area contributed by atoms with Crippen LogP contribution < -0.4 is 10.1 Å². The molecular weight excluding hydrogens is 378 g/mol. The van der Waals surface area contributed by atoms with Crippen LogP contribution in [0.1, 0.15) is 45.6 Å². The molecule has 1 aliphatic heterocycles. The molecule has 0 spiro atoms. The highest BCUT2D eigenvalue weighted by molar-refractivity contribution is 7.13. The van der Waals surface area contributed by atoms with E-state index in [0.717, 1.165) is 46.7 Å². The van der Waals surface area contributed by atoms with Gasteiger partial charge in [0.15, 0.2) is 0 Å². The van der Waals surface area contributed by atoms with E-state index in [1.54, 1.807) is 11.3 Å². The lowest BCUT2D eigenvalue weighted by Crippen LogP contribution is -2.28. The lowest BCUT2D eigenvalue weighted by atomic mass is 9.87. The molecule has 150 valence electrons. The average molecular weight is 406 g/mol. The molecule has 0 bridgehead atoms. The van der Waals surface area contributed by atoms with Crippen LogP contribution in [0.25, 0.3) is 11.3 Å². The average Bonchev–Trinajstić information content (AvgIpc) is 3.17. The molecule has 0 atom stereocenters. The van der Waals surface area contributed by atoms with Gasteiger partial charge >= 0.3 is 0 Å². The van der Waals surface area contributed by atoms with Crippen LogP contribution in [-0.2, 0) is 5.41 Å². The molecule has 5 heteroatoms. The zero-order chi connectivity index (χ0) is 20.3. The summed E-state index contributed by atoms with van der Waals surface area (Å²) in [6.45, 7) is 7.63. The molecule has 3 aromatic rings. The third kappa shape index (κ3) is 4.85. The minimum atomic E-state index is 0.0784. The van der Waals surface area contributed by atoms with Gasteiger partial charge in [-0.05, 0) is 48.1 Å². The number of amidine groups is 1. The molecule has 0 aliphatic carbocycles. The number of ether oxygens (including phenoxy) is 1. The van der Waals surface area contributed by atoms with E-state index in [4.69, 9.17) is 9.72 Å². The normalized spacial score (nSPS) is 15.9. The smallest absolute Gasteiger partial charge is 0.211 e. The molecule has 4 nitrogen and oxygen atoms in total. The number of hydrogen-bond acceptors (Lipinski definition) is 4. The van der Waals surface area contributed by atoms with Gasteiger partial charge in [-0.3, -0.25) is 0 Å². The first-order valence-electron chi connectivity index (χ1n) is 10.1. The zero-order valence-corrected chi connectivity index (χ0v) is 18.1. The van der Waals surface area contributed by atoms with Crippen LogP contribution in [-0.4, -0.2) is 17.4 Å². The second-order valence-electron chi connectivity index (χ2n) is 8.33. The number of piperidine rings is 1. The molecule has 0 amide bonds. The second-order valence-corrected chi connectivity index (χ2v) is 9.17. The van der Waals surface area contributed by atoms with Crippen molar-refractivity contribution in [3.8, 4) is 22.8 Å². The van der Waals surface area contributed by atoms with Gasteiger partial charge in [-0.2, -0.15) is 0 Å². The predicted molar refractivity (Wildman–Crippen MR) is 122 cm³/mol. The van der Waals surface area contributed by atoms with Crippen molar-refractivity contribution in [1.82, 2.24) is 10.3 Å². The van der Waals surface area contributed by atoms with Gasteiger partial charge in [-0.15, -0.1) is 11.3 Å². The van der Waals surface area contributed by atoms with Gasteiger partial charge in [-0.25, -0.2) is 9.98 Å². The van der Waals surface area contributed by atoms with E-state index in [0.29, 0.717) is 0 Å². The van der Waals surface area contributed by atoms with Crippen molar-refractivity contribution in [2.24, 2.45) is 4.99 Å². The Morgan fingerprint density at radius 1 is 1.07 bits per heavy atom. The van der Waals surface area contributed by atoms with Gasteiger partial charge in [0.25, 0.3) is 0 Å². The lowest BCUT2D eigenvalue weighted by Gasteiger charge is -2.20. The van der Waals surface area contributed by atoms with Gasteiger partial charge in [0, 0.05) is 23.9 Å². The Bertz CT molecular complexity index is 1010. The van der Waals surface area contributed by atoms with E-state index < -0.39 is 0 Å². The third-order valence-electron chi connectivity index (χ3n) is 4.98. The Morgan fingerprint density at radius 3 is 2.72 bits per heavy atom. The van der Waals surface area contributed by atoms with Crippen LogP contribution in [0.3, 0.4) is 0 Å². The minimum absolute atomic E-state index is 0.0784. The number of thiazole rings is 1. The first-order chi connectivity index (χ1) is 14.0. The molecule has 4 rings (SSSR count). The van der Waals surface area contributed by atoms with Crippen molar-refractivity contribution >= 4 is 22.3 Å². The lowest BCUT2D eigenvalue weighted by molar-refractivity contribution is 0.480. The molecule has 1 aromatic heterocycles. The summed E-state index contributed by atoms with van der Waals surface area (Å²) in [5, 5.41) is 6.21. The van der Waals surface area contributed by atoms with Crippen LogP contribution in [0.4, 0.5) is 5.13 Å². The molecule has 2 heterocycles. The molecule has 0 unspecified atom stereocenters. The highest BCUT2D eigenvalue weighted by Gasteiger charge is 2.16. The molecule has 1 fully saturated rings. The Morgan fingerprint density at radius 2 is 1.93 bits per heavy atom. The van der Waals surface area contributed by atoms with E-state index in [2.05, 4.69) is 48.6 Å². The maximum absolute atomic E-state index is 6.28. The predicted octanol–water partition coefficient (Wildman–Crippen LogP) is 6.70. The molecule has 1 saturated heterocycles. The zero-order valence-electron chi connectivity index (χ0n) is 17.2. The second kappa shape index (κ2) is 8.37. The standard InChI is InChI=1S/C24H27N3OS/c1-24(2,3)17-9-8-10-18(15-17)28-21-12-5-4-11-19(21)20-16-29-23(26-20)27-22-13-6-7-14-25-22/h4-5,8-12,15-16H,6-7,13-14H2,1-3H3,(H,25,26,27). The summed E-state index contributed by atoms with van der Waals surface area (Å²) in [5.41, 5.74) is 3.20. The monoisotopic (exact) mass is 405 g/mol. The van der Waals surface area contributed by atoms with Crippen molar-refractivity contribution < 1.29 is 4.74 Å². The highest BCUT2D eigenvalue weighted by atomic mass is 32.1. The third-order valence-corrected chi connectivity index (χ3v) is 5.72. The van der Waals surface area contributed by atoms with Crippen LogP contribution in [0.2, 0.25) is 0 Å². The number of nitrogens with zero attached hydrogens (tertiary/aromatic N) is 2. The van der Waals surface area contributed by atoms with Gasteiger partial charge in [0.05, 0.1) is 5.69 Å². The van der Waals surface area contributed by atoms with Crippen LogP contribution >= 0.6 is 11.3 Å². The van der Waals surface area contributed by atoms with Gasteiger partial charge in [0.1, 0.15) is 17.3 Å². The fourth-order valence-electron chi connectivity index (χ4n) is 3.31. The van der Waals surface area contributed by atoms with Crippen LogP contribution in [0, 0.1) is 0 Å². The number of aliphatic imine (C=N–C) groups is 1. The van der Waals surface area contributed by atoms with E-state index >= 15 is 0 Å². The highest BCUT2D eigenvalue weighted by Crippen LogP contribution is 2.36. The molecule has 1 aliphatic rings. The Labute approximate surface area is 176 Å². The maximum atomic E-state index is 6.28. The van der Waals surface area contributed by atoms with E-state index in [-0.39, 0.29) is 5.41 Å². The molecule has 2 aromatic carbocycles. The Hall–Kier alpha value is -2.66. The van der Waals surface area contributed by atoms with Crippen LogP contribution in [0.5, 0.6) is 11.5 Å². The SMILES string of the molecule is CC(C)(C)c1cccc(Oc2ccccc2-c2csc(/N=C3/CCCCN3)n2)c1. The van der Waals surface area contributed by atoms with Crippen molar-refractivity contribution in [3.63, 3.8) is 0 Å². The fraction of sp³-hybridized carbons (Fsp3) is 0.333. The minimum Gasteiger partial charge on any atom is -0.457 e. The van der Waals surface area contributed by atoms with Crippen molar-refractivity contribution in [1.29, 1.82) is 0 Å². The number of benzene rings is 2. The number of para-hydroxylation sites is 1. The molecule has 29 heavy (non-hydrogen) atoms. The Balaban J connectivity index is 1.60. The van der Waals surface area contributed by atoms with E-state index in [1.807, 2.05) is 36.4 Å². The molecule has 1 N–H and O–H groups in total. The summed E-state index contributed by atoms with van der Waals surface area (Å²) < 4.78 is 6.28. The van der Waals surface area contributed by atoms with Crippen LogP contribution in [0.15, 0.2) is 58.9 Å². The summed E-state index contributed by atoms with van der Waals surface area (Å²) in [6, 6.07) is 16.4. The van der Waals surface area contributed by atoms with Crippen molar-refractivity contribution in [3.05, 3.63) is 59.5 Å². The first-order valence-corrected chi connectivity index (χ1v) is 11.0. The van der Waals surface area contributed by atoms with Gasteiger partial charge < -0.3 is 10.1 Å². The maximum Gasteiger partial charge on any atom is 0.211 e. The van der Waals surface area contributed by atoms with E-state index in [9.17, 15) is 0 Å². The van der Waals surface area contributed by atoms with E-state index in [1.165, 1.54) is 18.4 Å². The topological polar surface area (TPSA) is 46.5 Å². The summed E-state index contributed by atoms with van der Waals surface area (Å²) in [7, 11) is 0. The largest absolute Gasteiger partial charge is 0.457 e. The number of rotatable bonds is 4. The summed E-state index contributed by atoms with van der Waals surface area (Å²) >= 11 is 1.56. The van der Waals surface area contributed by atoms with Gasteiger partial charge in [0.2, 0.25) is 5.13 Å². The molecule has 0 saturated carbocycles. The quantitative estimate of drug-likeness (QED) is 0.525. The molecule has 0 radical (unpaired) electrons. The number of aromatic nitrogens is 1. The molecular formula is C24H27N3OS.